The van der Waals surface area contributed by atoms with Crippen LogP contribution in [0.3, 0.4) is 0 Å². The Balaban J connectivity index is 1.46. The van der Waals surface area contributed by atoms with Gasteiger partial charge in [0.25, 0.3) is 11.5 Å². The lowest BCUT2D eigenvalue weighted by molar-refractivity contribution is 0.0888. The van der Waals surface area contributed by atoms with Gasteiger partial charge < -0.3 is 30.4 Å². The van der Waals surface area contributed by atoms with Crippen LogP contribution in [0.25, 0.3) is 5.65 Å². The van der Waals surface area contributed by atoms with Gasteiger partial charge in [-0.2, -0.15) is 9.61 Å². The third-order valence-corrected chi connectivity index (χ3v) is 6.54. The molecule has 0 bridgehead atoms. The first-order valence-corrected chi connectivity index (χ1v) is 11.7. The van der Waals surface area contributed by atoms with E-state index >= 15 is 0 Å². The van der Waals surface area contributed by atoms with Crippen LogP contribution in [0.5, 0.6) is 0 Å². The zero-order valence-corrected chi connectivity index (χ0v) is 19.0. The Labute approximate surface area is 196 Å². The predicted molar refractivity (Wildman–Crippen MR) is 127 cm³/mol. The van der Waals surface area contributed by atoms with Crippen molar-refractivity contribution in [3.63, 3.8) is 0 Å². The van der Waals surface area contributed by atoms with Crippen LogP contribution in [0.2, 0.25) is 0 Å². The molecule has 2 atom stereocenters. The number of amides is 1. The smallest absolute Gasteiger partial charge is 0.274 e. The molecule has 1 unspecified atom stereocenters. The molecule has 3 aromatic rings. The van der Waals surface area contributed by atoms with E-state index in [9.17, 15) is 14.7 Å². The van der Waals surface area contributed by atoms with Crippen molar-refractivity contribution in [3.05, 3.63) is 46.5 Å². The first-order chi connectivity index (χ1) is 16.5. The zero-order valence-electron chi connectivity index (χ0n) is 19.0. The SMILES string of the molecule is CNc1cc(Nc2cccn(C3CCCCC3)c2=O)nc2c(C(=O)NC3COC[C@H]3O)cnn12. The first kappa shape index (κ1) is 22.4. The number of fused-ring (bicyclic) bond motifs is 1. The number of carbonyl (C=O) groups excluding carboxylic acids is 1. The minimum absolute atomic E-state index is 0.0937. The van der Waals surface area contributed by atoms with Crippen LogP contribution in [-0.2, 0) is 4.74 Å². The second-order valence-corrected chi connectivity index (χ2v) is 8.81. The largest absolute Gasteiger partial charge is 0.388 e. The number of anilines is 3. The van der Waals surface area contributed by atoms with Gasteiger partial charge in [0.15, 0.2) is 5.65 Å². The Kier molecular flexibility index (Phi) is 6.20. The van der Waals surface area contributed by atoms with E-state index in [2.05, 4.69) is 26.0 Å². The molecule has 2 fully saturated rings. The van der Waals surface area contributed by atoms with Crippen LogP contribution >= 0.6 is 0 Å². The zero-order chi connectivity index (χ0) is 23.7. The van der Waals surface area contributed by atoms with Crippen molar-refractivity contribution in [2.24, 2.45) is 0 Å². The van der Waals surface area contributed by atoms with Crippen molar-refractivity contribution >= 4 is 28.9 Å². The Morgan fingerprint density at radius 1 is 1.24 bits per heavy atom. The molecule has 5 rings (SSSR count). The number of nitrogens with one attached hydrogen (secondary N) is 3. The molecule has 1 aliphatic carbocycles. The molecule has 0 radical (unpaired) electrons. The van der Waals surface area contributed by atoms with E-state index < -0.39 is 18.1 Å². The molecule has 3 aromatic heterocycles. The molecule has 11 nitrogen and oxygen atoms in total. The van der Waals surface area contributed by atoms with Crippen LogP contribution in [0, 0.1) is 0 Å². The summed E-state index contributed by atoms with van der Waals surface area (Å²) in [5, 5.41) is 23.2. The maximum absolute atomic E-state index is 13.2. The van der Waals surface area contributed by atoms with Crippen molar-refractivity contribution in [1.82, 2.24) is 24.5 Å². The molecular formula is C23H29N7O4. The molecule has 1 aliphatic heterocycles. The minimum atomic E-state index is -0.756. The average Bonchev–Trinajstić information content (AvgIpc) is 3.46. The molecule has 1 amide bonds. The second-order valence-electron chi connectivity index (χ2n) is 8.81. The Bertz CT molecular complexity index is 1250. The van der Waals surface area contributed by atoms with Crippen molar-refractivity contribution in [1.29, 1.82) is 0 Å². The number of ether oxygens (including phenoxy) is 1. The van der Waals surface area contributed by atoms with Crippen LogP contribution in [0.15, 0.2) is 35.4 Å². The number of aliphatic hydroxyl groups is 1. The van der Waals surface area contributed by atoms with Gasteiger partial charge in [0.2, 0.25) is 0 Å². The van der Waals surface area contributed by atoms with Gasteiger partial charge in [-0.3, -0.25) is 9.59 Å². The van der Waals surface area contributed by atoms with Gasteiger partial charge in [0.1, 0.15) is 22.9 Å². The van der Waals surface area contributed by atoms with E-state index in [0.29, 0.717) is 23.0 Å². The summed E-state index contributed by atoms with van der Waals surface area (Å²) >= 11 is 0. The Morgan fingerprint density at radius 3 is 2.79 bits per heavy atom. The van der Waals surface area contributed by atoms with Crippen LogP contribution in [-0.4, -0.2) is 62.6 Å². The summed E-state index contributed by atoms with van der Waals surface area (Å²) in [5.41, 5.74) is 0.906. The summed E-state index contributed by atoms with van der Waals surface area (Å²) in [7, 11) is 1.74. The topological polar surface area (TPSA) is 135 Å². The summed E-state index contributed by atoms with van der Waals surface area (Å²) in [6.07, 6.45) is 8.02. The minimum Gasteiger partial charge on any atom is -0.388 e. The van der Waals surface area contributed by atoms with Gasteiger partial charge in [0.05, 0.1) is 31.6 Å². The molecule has 4 heterocycles. The van der Waals surface area contributed by atoms with Crippen LogP contribution < -0.4 is 21.5 Å². The predicted octanol–water partition coefficient (Wildman–Crippen LogP) is 1.67. The number of hydrogen-bond acceptors (Lipinski definition) is 8. The lowest BCUT2D eigenvalue weighted by atomic mass is 9.95. The lowest BCUT2D eigenvalue weighted by Gasteiger charge is -2.24. The van der Waals surface area contributed by atoms with E-state index in [1.165, 1.54) is 17.1 Å². The summed E-state index contributed by atoms with van der Waals surface area (Å²) in [5.74, 6) is 0.601. The fraction of sp³-hybridized carbons (Fsp3) is 0.478. The van der Waals surface area contributed by atoms with Crippen LogP contribution in [0.4, 0.5) is 17.3 Å². The summed E-state index contributed by atoms with van der Waals surface area (Å²) in [4.78, 5) is 30.7. The molecule has 0 spiro atoms. The van der Waals surface area contributed by atoms with Gasteiger partial charge in [-0.25, -0.2) is 4.98 Å². The Morgan fingerprint density at radius 2 is 2.06 bits per heavy atom. The fourth-order valence-corrected chi connectivity index (χ4v) is 4.68. The molecule has 1 saturated carbocycles. The molecule has 11 heteroatoms. The fourth-order valence-electron chi connectivity index (χ4n) is 4.68. The van der Waals surface area contributed by atoms with Gasteiger partial charge in [-0.1, -0.05) is 19.3 Å². The highest BCUT2D eigenvalue weighted by Crippen LogP contribution is 2.27. The quantitative estimate of drug-likeness (QED) is 0.430. The lowest BCUT2D eigenvalue weighted by Crippen LogP contribution is -2.42. The van der Waals surface area contributed by atoms with Crippen molar-refractivity contribution in [3.8, 4) is 0 Å². The number of carbonyl (C=O) groups is 1. The highest BCUT2D eigenvalue weighted by atomic mass is 16.5. The summed E-state index contributed by atoms with van der Waals surface area (Å²) in [6, 6.07) is 5.05. The highest BCUT2D eigenvalue weighted by Gasteiger charge is 2.29. The molecule has 4 N–H and O–H groups in total. The number of hydrogen-bond donors (Lipinski definition) is 4. The molecule has 180 valence electrons. The number of rotatable bonds is 6. The van der Waals surface area contributed by atoms with Gasteiger partial charge in [-0.05, 0) is 25.0 Å². The van der Waals surface area contributed by atoms with Crippen molar-refractivity contribution < 1.29 is 14.6 Å². The van der Waals surface area contributed by atoms with Gasteiger partial charge >= 0.3 is 0 Å². The van der Waals surface area contributed by atoms with E-state index in [0.717, 1.165) is 25.7 Å². The van der Waals surface area contributed by atoms with Crippen molar-refractivity contribution in [2.45, 2.75) is 50.3 Å². The Hall–Kier alpha value is -3.44. The van der Waals surface area contributed by atoms with E-state index in [1.807, 2.05) is 16.8 Å². The molecule has 2 aliphatic rings. The average molecular weight is 468 g/mol. The molecule has 34 heavy (non-hydrogen) atoms. The normalized spacial score (nSPS) is 21.0. The van der Waals surface area contributed by atoms with E-state index in [1.54, 1.807) is 19.2 Å². The number of aromatic nitrogens is 4. The monoisotopic (exact) mass is 467 g/mol. The third-order valence-electron chi connectivity index (χ3n) is 6.54. The van der Waals surface area contributed by atoms with Crippen molar-refractivity contribution in [2.75, 3.05) is 30.9 Å². The van der Waals surface area contributed by atoms with Gasteiger partial charge in [0, 0.05) is 25.4 Å². The maximum atomic E-state index is 13.2. The number of nitrogens with zero attached hydrogens (tertiary/aromatic N) is 4. The molecular weight excluding hydrogens is 438 g/mol. The number of pyridine rings is 1. The third kappa shape index (κ3) is 4.24. The summed E-state index contributed by atoms with van der Waals surface area (Å²) < 4.78 is 8.54. The molecule has 1 saturated heterocycles. The van der Waals surface area contributed by atoms with Gasteiger partial charge in [-0.15, -0.1) is 0 Å². The van der Waals surface area contributed by atoms with E-state index in [-0.39, 0.29) is 30.4 Å². The van der Waals surface area contributed by atoms with E-state index in [4.69, 9.17) is 4.74 Å². The second kappa shape index (κ2) is 9.43. The molecule has 0 aromatic carbocycles. The van der Waals surface area contributed by atoms with Crippen LogP contribution in [0.1, 0.15) is 48.5 Å². The standard InChI is InChI=1S/C23H29N7O4/c1-24-20-10-19(26-16-8-5-9-29(23(16)33)14-6-3-2-4-7-14)28-21-15(11-25-30(20)21)22(32)27-17-12-34-13-18(17)31/h5,8-11,14,17-18,24,31H,2-4,6-7,12-13H2,1H3,(H,26,28)(H,27,32)/t17?,18-/m1/s1. The highest BCUT2D eigenvalue weighted by molar-refractivity contribution is 6.00. The maximum Gasteiger partial charge on any atom is 0.274 e. The first-order valence-electron chi connectivity index (χ1n) is 11.7. The number of aliphatic hydroxyl groups excluding tert-OH is 1. The summed E-state index contributed by atoms with van der Waals surface area (Å²) in [6.45, 7) is 0.431.